The first-order chi connectivity index (χ1) is 11.9. The first-order valence-electron chi connectivity index (χ1n) is 8.67. The van der Waals surface area contributed by atoms with Crippen LogP contribution in [-0.2, 0) is 4.79 Å². The van der Waals surface area contributed by atoms with Gasteiger partial charge in [-0.1, -0.05) is 32.0 Å². The number of ether oxygens (including phenoxy) is 1. The third-order valence-corrected chi connectivity index (χ3v) is 5.14. The Morgan fingerprint density at radius 2 is 1.92 bits per heavy atom. The molecule has 1 aromatic rings. The number of amides is 2. The number of nitrogens with two attached hydrogens (primary N) is 1. The normalized spacial score (nSPS) is 26.6. The van der Waals surface area contributed by atoms with Gasteiger partial charge in [-0.3, -0.25) is 9.69 Å². The molecule has 25 heavy (non-hydrogen) atoms. The molecule has 2 amide bonds. The minimum Gasteiger partial charge on any atom is -0.486 e. The van der Waals surface area contributed by atoms with Crippen LogP contribution in [0.1, 0.15) is 20.3 Å². The van der Waals surface area contributed by atoms with E-state index in [9.17, 15) is 14.7 Å². The van der Waals surface area contributed by atoms with Crippen molar-refractivity contribution >= 4 is 12.0 Å². The van der Waals surface area contributed by atoms with E-state index in [1.54, 1.807) is 4.90 Å². The second-order valence-electron chi connectivity index (χ2n) is 7.05. The molecule has 0 saturated carbocycles. The largest absolute Gasteiger partial charge is 0.486 e. The highest BCUT2D eigenvalue weighted by molar-refractivity contribution is 5.83. The second-order valence-corrected chi connectivity index (χ2v) is 7.05. The van der Waals surface area contributed by atoms with Gasteiger partial charge in [-0.05, 0) is 24.5 Å². The lowest BCUT2D eigenvalue weighted by Crippen LogP contribution is -2.53. The predicted molar refractivity (Wildman–Crippen MR) is 92.3 cm³/mol. The highest BCUT2D eigenvalue weighted by Crippen LogP contribution is 2.34. The molecular weight excluding hydrogens is 322 g/mol. The van der Waals surface area contributed by atoms with Crippen molar-refractivity contribution in [2.45, 2.75) is 44.5 Å². The van der Waals surface area contributed by atoms with Gasteiger partial charge in [0.15, 0.2) is 0 Å². The lowest BCUT2D eigenvalue weighted by Gasteiger charge is -2.31. The zero-order valence-electron chi connectivity index (χ0n) is 14.5. The molecule has 0 radical (unpaired) electrons. The summed E-state index contributed by atoms with van der Waals surface area (Å²) in [5.41, 5.74) is 6.05. The van der Waals surface area contributed by atoms with Crippen LogP contribution in [0.25, 0.3) is 0 Å². The zero-order chi connectivity index (χ0) is 18.1. The lowest BCUT2D eigenvalue weighted by molar-refractivity contribution is -0.135. The highest BCUT2D eigenvalue weighted by Gasteiger charge is 2.53. The summed E-state index contributed by atoms with van der Waals surface area (Å²) in [7, 11) is 0. The molecule has 2 aliphatic rings. The van der Waals surface area contributed by atoms with E-state index < -0.39 is 18.2 Å². The summed E-state index contributed by atoms with van der Waals surface area (Å²) in [5, 5.41) is 9.51. The lowest BCUT2D eigenvalue weighted by atomic mass is 10.0. The number of rotatable bonds is 4. The number of carboxylic acid groups (broad SMARTS) is 1. The Balaban J connectivity index is 1.84. The average Bonchev–Trinajstić information content (AvgIpc) is 3.15. The Morgan fingerprint density at radius 1 is 1.24 bits per heavy atom. The molecule has 2 heterocycles. The predicted octanol–water partition coefficient (Wildman–Crippen LogP) is 1.38. The van der Waals surface area contributed by atoms with E-state index >= 15 is 0 Å². The fourth-order valence-corrected chi connectivity index (χ4v) is 3.76. The van der Waals surface area contributed by atoms with Gasteiger partial charge in [0.2, 0.25) is 5.91 Å². The van der Waals surface area contributed by atoms with Crippen molar-refractivity contribution in [2.24, 2.45) is 11.7 Å². The van der Waals surface area contributed by atoms with Gasteiger partial charge in [0.05, 0.1) is 24.7 Å². The van der Waals surface area contributed by atoms with Crippen LogP contribution in [0, 0.1) is 5.92 Å². The summed E-state index contributed by atoms with van der Waals surface area (Å²) in [6, 6.07) is 8.16. The molecule has 0 aromatic heterocycles. The molecule has 0 aliphatic carbocycles. The topological polar surface area (TPSA) is 96.1 Å². The Morgan fingerprint density at radius 3 is 2.52 bits per heavy atom. The van der Waals surface area contributed by atoms with E-state index in [2.05, 4.69) is 0 Å². The fraction of sp³-hybridized carbons (Fsp3) is 0.556. The van der Waals surface area contributed by atoms with Crippen molar-refractivity contribution in [3.8, 4) is 5.75 Å². The molecule has 2 aliphatic heterocycles. The number of hydrogen-bond donors (Lipinski definition) is 2. The van der Waals surface area contributed by atoms with Crippen LogP contribution in [0.4, 0.5) is 4.79 Å². The molecule has 136 valence electrons. The molecule has 1 aromatic carbocycles. The Kier molecular flexibility index (Phi) is 4.85. The summed E-state index contributed by atoms with van der Waals surface area (Å²) < 4.78 is 6.05. The molecule has 4 atom stereocenters. The van der Waals surface area contributed by atoms with E-state index in [0.29, 0.717) is 18.7 Å². The molecule has 2 fully saturated rings. The van der Waals surface area contributed by atoms with Crippen molar-refractivity contribution in [2.75, 3.05) is 13.1 Å². The van der Waals surface area contributed by atoms with Crippen LogP contribution in [0.5, 0.6) is 5.75 Å². The van der Waals surface area contributed by atoms with Gasteiger partial charge in [-0.25, -0.2) is 4.79 Å². The standard InChI is InChI=1S/C18H25N3O4/c1-11(2)15(19)17(22)20-9-8-13-16(20)14(10-21(13)18(23)24)25-12-6-4-3-5-7-12/h3-7,11,13-16H,8-10,19H2,1-2H3,(H,23,24). The number of para-hydroxylation sites is 1. The van der Waals surface area contributed by atoms with Gasteiger partial charge >= 0.3 is 6.09 Å². The van der Waals surface area contributed by atoms with E-state index in [1.165, 1.54) is 4.90 Å². The maximum Gasteiger partial charge on any atom is 0.407 e. The summed E-state index contributed by atoms with van der Waals surface area (Å²) >= 11 is 0. The summed E-state index contributed by atoms with van der Waals surface area (Å²) in [5.74, 6) is 0.569. The number of likely N-dealkylation sites (tertiary alicyclic amines) is 2. The number of fused-ring (bicyclic) bond motifs is 1. The maximum atomic E-state index is 12.8. The smallest absolute Gasteiger partial charge is 0.407 e. The Hall–Kier alpha value is -2.28. The quantitative estimate of drug-likeness (QED) is 0.858. The van der Waals surface area contributed by atoms with Crippen molar-refractivity contribution in [1.29, 1.82) is 0 Å². The summed E-state index contributed by atoms with van der Waals surface area (Å²) in [4.78, 5) is 27.5. The van der Waals surface area contributed by atoms with Crippen molar-refractivity contribution in [3.63, 3.8) is 0 Å². The van der Waals surface area contributed by atoms with Crippen LogP contribution >= 0.6 is 0 Å². The van der Waals surface area contributed by atoms with Crippen LogP contribution < -0.4 is 10.5 Å². The Bertz CT molecular complexity index is 636. The minimum absolute atomic E-state index is 0.0250. The molecule has 4 unspecified atom stereocenters. The maximum absolute atomic E-state index is 12.8. The van der Waals surface area contributed by atoms with Crippen LogP contribution in [0.2, 0.25) is 0 Å². The van der Waals surface area contributed by atoms with E-state index in [0.717, 1.165) is 0 Å². The first-order valence-corrected chi connectivity index (χ1v) is 8.67. The van der Waals surface area contributed by atoms with Gasteiger partial charge in [0.25, 0.3) is 0 Å². The Labute approximate surface area is 147 Å². The molecule has 3 N–H and O–H groups in total. The van der Waals surface area contributed by atoms with Crippen molar-refractivity contribution < 1.29 is 19.4 Å². The molecule has 7 nitrogen and oxygen atoms in total. The molecule has 3 rings (SSSR count). The molecule has 0 spiro atoms. The van der Waals surface area contributed by atoms with Gasteiger partial charge in [0.1, 0.15) is 11.9 Å². The monoisotopic (exact) mass is 347 g/mol. The highest BCUT2D eigenvalue weighted by atomic mass is 16.5. The van der Waals surface area contributed by atoms with E-state index in [1.807, 2.05) is 44.2 Å². The number of benzene rings is 1. The first kappa shape index (κ1) is 17.5. The van der Waals surface area contributed by atoms with Gasteiger partial charge in [-0.15, -0.1) is 0 Å². The number of carbonyl (C=O) groups is 2. The zero-order valence-corrected chi connectivity index (χ0v) is 14.5. The second kappa shape index (κ2) is 6.92. The van der Waals surface area contributed by atoms with Gasteiger partial charge in [0, 0.05) is 6.54 Å². The molecular formula is C18H25N3O4. The third-order valence-electron chi connectivity index (χ3n) is 5.14. The number of hydrogen-bond acceptors (Lipinski definition) is 4. The van der Waals surface area contributed by atoms with Crippen molar-refractivity contribution in [1.82, 2.24) is 9.80 Å². The van der Waals surface area contributed by atoms with Crippen molar-refractivity contribution in [3.05, 3.63) is 30.3 Å². The van der Waals surface area contributed by atoms with E-state index in [4.69, 9.17) is 10.5 Å². The fourth-order valence-electron chi connectivity index (χ4n) is 3.76. The van der Waals surface area contributed by atoms with Gasteiger partial charge < -0.3 is 20.5 Å². The SMILES string of the molecule is CC(C)C(N)C(=O)N1CCC2C1C(Oc1ccccc1)CN2C(=O)O. The summed E-state index contributed by atoms with van der Waals surface area (Å²) in [6.07, 6.45) is -0.756. The molecule has 2 saturated heterocycles. The van der Waals surface area contributed by atoms with E-state index in [-0.39, 0.29) is 30.5 Å². The number of nitrogens with zero attached hydrogens (tertiary/aromatic N) is 2. The summed E-state index contributed by atoms with van der Waals surface area (Å²) in [6.45, 7) is 4.58. The molecule has 0 bridgehead atoms. The van der Waals surface area contributed by atoms with Crippen LogP contribution in [0.15, 0.2) is 30.3 Å². The average molecular weight is 347 g/mol. The molecule has 7 heteroatoms. The third kappa shape index (κ3) is 3.28. The van der Waals surface area contributed by atoms with Crippen LogP contribution in [0.3, 0.4) is 0 Å². The van der Waals surface area contributed by atoms with Gasteiger partial charge in [-0.2, -0.15) is 0 Å². The van der Waals surface area contributed by atoms with Crippen LogP contribution in [-0.4, -0.2) is 64.2 Å². The minimum atomic E-state index is -0.975. The number of carbonyl (C=O) groups excluding carboxylic acids is 1.